The van der Waals surface area contributed by atoms with Gasteiger partial charge in [-0.15, -0.1) is 0 Å². The summed E-state index contributed by atoms with van der Waals surface area (Å²) in [5.41, 5.74) is 1.28. The highest BCUT2D eigenvalue weighted by molar-refractivity contribution is 5.89. The Labute approximate surface area is 125 Å². The van der Waals surface area contributed by atoms with Crippen LogP contribution in [0, 0.1) is 17.2 Å². The molecule has 1 saturated heterocycles. The van der Waals surface area contributed by atoms with E-state index >= 15 is 0 Å². The Morgan fingerprint density at radius 2 is 2.05 bits per heavy atom. The van der Waals surface area contributed by atoms with E-state index < -0.39 is 0 Å². The van der Waals surface area contributed by atoms with E-state index in [0.29, 0.717) is 23.2 Å². The molecule has 1 N–H and O–H groups in total. The molecule has 1 aliphatic heterocycles. The maximum Gasteiger partial charge on any atom is 0.322 e. The number of anilines is 1. The van der Waals surface area contributed by atoms with Crippen molar-refractivity contribution >= 4 is 11.7 Å². The van der Waals surface area contributed by atoms with Crippen LogP contribution in [0.3, 0.4) is 0 Å². The van der Waals surface area contributed by atoms with Crippen molar-refractivity contribution in [2.45, 2.75) is 44.6 Å². The number of nitrogens with one attached hydrogen (secondary N) is 1. The lowest BCUT2D eigenvalue weighted by Gasteiger charge is -2.29. The van der Waals surface area contributed by atoms with Crippen LogP contribution in [0.4, 0.5) is 10.5 Å². The van der Waals surface area contributed by atoms with Gasteiger partial charge >= 0.3 is 6.03 Å². The Hall–Kier alpha value is -2.02. The standard InChI is InChI=1S/C17H21N3O/c18-12-13-5-3-8-15(11-13)19-17(21)20-10-4-9-16(20)14-6-1-2-7-14/h3,5,8,11,14,16H,1-2,4,6-7,9-10H2,(H,19,21). The number of urea groups is 1. The molecule has 2 aliphatic rings. The van der Waals surface area contributed by atoms with E-state index in [9.17, 15) is 4.79 Å². The first-order valence-corrected chi connectivity index (χ1v) is 7.86. The molecule has 1 aromatic rings. The zero-order valence-corrected chi connectivity index (χ0v) is 12.2. The average molecular weight is 283 g/mol. The number of rotatable bonds is 2. The van der Waals surface area contributed by atoms with Gasteiger partial charge in [0, 0.05) is 18.3 Å². The van der Waals surface area contributed by atoms with Crippen LogP contribution in [0.1, 0.15) is 44.1 Å². The van der Waals surface area contributed by atoms with E-state index in [2.05, 4.69) is 11.4 Å². The maximum atomic E-state index is 12.5. The first kappa shape index (κ1) is 13.9. The summed E-state index contributed by atoms with van der Waals surface area (Å²) in [5, 5.41) is 11.9. The predicted octanol–water partition coefficient (Wildman–Crippen LogP) is 3.74. The van der Waals surface area contributed by atoms with E-state index in [1.54, 1.807) is 18.2 Å². The number of hydrogen-bond donors (Lipinski definition) is 1. The Morgan fingerprint density at radius 3 is 2.81 bits per heavy atom. The fourth-order valence-corrected chi connectivity index (χ4v) is 3.74. The number of hydrogen-bond acceptors (Lipinski definition) is 2. The molecule has 1 atom stereocenters. The van der Waals surface area contributed by atoms with Crippen LogP contribution < -0.4 is 5.32 Å². The van der Waals surface area contributed by atoms with Gasteiger partial charge in [-0.2, -0.15) is 5.26 Å². The molecule has 1 aromatic carbocycles. The van der Waals surface area contributed by atoms with Crippen molar-refractivity contribution in [3.63, 3.8) is 0 Å². The summed E-state index contributed by atoms with van der Waals surface area (Å²) in [5.74, 6) is 0.684. The Balaban J connectivity index is 1.67. The minimum atomic E-state index is -0.0144. The summed E-state index contributed by atoms with van der Waals surface area (Å²) in [4.78, 5) is 14.5. The second-order valence-corrected chi connectivity index (χ2v) is 6.07. The lowest BCUT2D eigenvalue weighted by atomic mass is 9.96. The number of nitriles is 1. The van der Waals surface area contributed by atoms with Gasteiger partial charge in [0.2, 0.25) is 0 Å². The molecule has 1 unspecified atom stereocenters. The third-order valence-electron chi connectivity index (χ3n) is 4.75. The summed E-state index contributed by atoms with van der Waals surface area (Å²) >= 11 is 0. The summed E-state index contributed by atoms with van der Waals surface area (Å²) in [6.07, 6.45) is 7.38. The van der Waals surface area contributed by atoms with Gasteiger partial charge in [-0.3, -0.25) is 0 Å². The Kier molecular flexibility index (Phi) is 4.10. The largest absolute Gasteiger partial charge is 0.322 e. The molecule has 4 nitrogen and oxygen atoms in total. The zero-order chi connectivity index (χ0) is 14.7. The summed E-state index contributed by atoms with van der Waals surface area (Å²) < 4.78 is 0. The van der Waals surface area contributed by atoms with E-state index in [-0.39, 0.29) is 6.03 Å². The molecule has 1 heterocycles. The maximum absolute atomic E-state index is 12.5. The molecule has 110 valence electrons. The van der Waals surface area contributed by atoms with Crippen molar-refractivity contribution in [2.24, 2.45) is 5.92 Å². The van der Waals surface area contributed by atoms with Gasteiger partial charge in [0.1, 0.15) is 0 Å². The van der Waals surface area contributed by atoms with Crippen LogP contribution in [0.2, 0.25) is 0 Å². The highest BCUT2D eigenvalue weighted by Crippen LogP contribution is 2.35. The van der Waals surface area contributed by atoms with Crippen LogP contribution in [-0.4, -0.2) is 23.5 Å². The van der Waals surface area contributed by atoms with Gasteiger partial charge in [0.05, 0.1) is 11.6 Å². The van der Waals surface area contributed by atoms with Crippen molar-refractivity contribution < 1.29 is 4.79 Å². The van der Waals surface area contributed by atoms with E-state index in [1.807, 2.05) is 11.0 Å². The molecule has 0 bridgehead atoms. The first-order valence-electron chi connectivity index (χ1n) is 7.86. The number of carbonyl (C=O) groups excluding carboxylic acids is 1. The van der Waals surface area contributed by atoms with Gasteiger partial charge in [0.25, 0.3) is 0 Å². The minimum absolute atomic E-state index is 0.0144. The SMILES string of the molecule is N#Cc1cccc(NC(=O)N2CCCC2C2CCCC2)c1. The van der Waals surface area contributed by atoms with Crippen molar-refractivity contribution in [1.29, 1.82) is 5.26 Å². The van der Waals surface area contributed by atoms with E-state index in [1.165, 1.54) is 25.7 Å². The molecule has 3 rings (SSSR count). The third-order valence-corrected chi connectivity index (χ3v) is 4.75. The topological polar surface area (TPSA) is 56.1 Å². The van der Waals surface area contributed by atoms with E-state index in [4.69, 9.17) is 5.26 Å². The zero-order valence-electron chi connectivity index (χ0n) is 12.2. The lowest BCUT2D eigenvalue weighted by Crippen LogP contribution is -2.41. The van der Waals surface area contributed by atoms with Crippen LogP contribution >= 0.6 is 0 Å². The highest BCUT2D eigenvalue weighted by Gasteiger charge is 2.35. The van der Waals surface area contributed by atoms with Crippen LogP contribution in [0.15, 0.2) is 24.3 Å². The lowest BCUT2D eigenvalue weighted by molar-refractivity contribution is 0.185. The molecule has 2 fully saturated rings. The Morgan fingerprint density at radius 1 is 1.24 bits per heavy atom. The van der Waals surface area contributed by atoms with Crippen LogP contribution in [-0.2, 0) is 0 Å². The number of nitrogens with zero attached hydrogens (tertiary/aromatic N) is 2. The number of carbonyl (C=O) groups is 1. The quantitative estimate of drug-likeness (QED) is 0.898. The highest BCUT2D eigenvalue weighted by atomic mass is 16.2. The summed E-state index contributed by atoms with van der Waals surface area (Å²) in [6, 6.07) is 9.59. The van der Waals surface area contributed by atoms with Crippen LogP contribution in [0.25, 0.3) is 0 Å². The molecule has 2 amide bonds. The van der Waals surface area contributed by atoms with Gasteiger partial charge in [-0.1, -0.05) is 18.9 Å². The van der Waals surface area contributed by atoms with Gasteiger partial charge in [-0.25, -0.2) is 4.79 Å². The molecule has 0 radical (unpaired) electrons. The molecule has 0 spiro atoms. The summed E-state index contributed by atoms with van der Waals surface area (Å²) in [6.45, 7) is 0.852. The minimum Gasteiger partial charge on any atom is -0.321 e. The van der Waals surface area contributed by atoms with Gasteiger partial charge in [0.15, 0.2) is 0 Å². The second-order valence-electron chi connectivity index (χ2n) is 6.07. The molecule has 1 aliphatic carbocycles. The fourth-order valence-electron chi connectivity index (χ4n) is 3.74. The monoisotopic (exact) mass is 283 g/mol. The smallest absolute Gasteiger partial charge is 0.321 e. The van der Waals surface area contributed by atoms with Crippen molar-refractivity contribution in [3.8, 4) is 6.07 Å². The average Bonchev–Trinajstić information content (AvgIpc) is 3.18. The number of likely N-dealkylation sites (tertiary alicyclic amines) is 1. The predicted molar refractivity (Wildman–Crippen MR) is 81.9 cm³/mol. The second kappa shape index (κ2) is 6.17. The van der Waals surface area contributed by atoms with Crippen molar-refractivity contribution in [1.82, 2.24) is 4.90 Å². The fraction of sp³-hybridized carbons (Fsp3) is 0.529. The third kappa shape index (κ3) is 3.02. The summed E-state index contributed by atoms with van der Waals surface area (Å²) in [7, 11) is 0. The molecule has 4 heteroatoms. The van der Waals surface area contributed by atoms with Gasteiger partial charge in [-0.05, 0) is 49.8 Å². The Bertz CT molecular complexity index is 557. The molecular weight excluding hydrogens is 262 g/mol. The number of benzene rings is 1. The number of amides is 2. The van der Waals surface area contributed by atoms with Crippen LogP contribution in [0.5, 0.6) is 0 Å². The van der Waals surface area contributed by atoms with Gasteiger partial charge < -0.3 is 10.2 Å². The molecule has 21 heavy (non-hydrogen) atoms. The molecule has 0 aromatic heterocycles. The van der Waals surface area contributed by atoms with Crippen molar-refractivity contribution in [2.75, 3.05) is 11.9 Å². The van der Waals surface area contributed by atoms with E-state index in [0.717, 1.165) is 19.4 Å². The molecule has 1 saturated carbocycles. The normalized spacial score (nSPS) is 22.2. The molecular formula is C17H21N3O. The van der Waals surface area contributed by atoms with Crippen molar-refractivity contribution in [3.05, 3.63) is 29.8 Å². The first-order chi connectivity index (χ1) is 10.3.